The topological polar surface area (TPSA) is 136 Å². The van der Waals surface area contributed by atoms with Gasteiger partial charge in [-0.2, -0.15) is 0 Å². The van der Waals surface area contributed by atoms with Crippen LogP contribution in [0.1, 0.15) is 21.5 Å². The fourth-order valence-corrected chi connectivity index (χ4v) is 2.17. The molecule has 0 aliphatic rings. The lowest BCUT2D eigenvalue weighted by molar-refractivity contribution is -0.392. The summed E-state index contributed by atoms with van der Waals surface area (Å²) in [4.78, 5) is 31.9. The summed E-state index contributed by atoms with van der Waals surface area (Å²) in [6, 6.07) is 6.75. The Balaban J connectivity index is 2.71. The Hall–Kier alpha value is -3.49. The second-order valence-corrected chi connectivity index (χ2v) is 5.08. The van der Waals surface area contributed by atoms with Crippen LogP contribution in [0, 0.1) is 34.1 Å². The van der Waals surface area contributed by atoms with Crippen molar-refractivity contribution < 1.29 is 19.7 Å². The molecule has 0 amide bonds. The first-order valence-electron chi connectivity index (χ1n) is 6.75. The van der Waals surface area contributed by atoms with Crippen molar-refractivity contribution in [3.05, 3.63) is 67.3 Å². The summed E-state index contributed by atoms with van der Waals surface area (Å²) in [5.74, 6) is -1.49. The van der Waals surface area contributed by atoms with Gasteiger partial charge in [-0.25, -0.2) is 4.79 Å². The molecule has 0 fully saturated rings. The van der Waals surface area contributed by atoms with Gasteiger partial charge in [0.15, 0.2) is 5.69 Å². The standard InChI is InChI=1S/C15H13N3O6/c1-8-4-3-5-11(9(8)2)16-14-12(17(21)22)6-10(15(19)20)7-13(14)18(23)24/h3-7,16H,1-2H3,(H,19,20). The number of aromatic carboxylic acids is 1. The highest BCUT2D eigenvalue weighted by molar-refractivity contribution is 5.93. The Labute approximate surface area is 135 Å². The van der Waals surface area contributed by atoms with E-state index in [4.69, 9.17) is 5.11 Å². The first-order chi connectivity index (χ1) is 11.2. The number of benzene rings is 2. The number of hydrogen-bond acceptors (Lipinski definition) is 6. The molecular formula is C15H13N3O6. The van der Waals surface area contributed by atoms with Crippen LogP contribution < -0.4 is 5.32 Å². The summed E-state index contributed by atoms with van der Waals surface area (Å²) in [7, 11) is 0. The predicted octanol–water partition coefficient (Wildman–Crippen LogP) is 3.56. The van der Waals surface area contributed by atoms with Crippen molar-refractivity contribution in [3.8, 4) is 0 Å². The van der Waals surface area contributed by atoms with E-state index in [0.29, 0.717) is 5.69 Å². The average molecular weight is 331 g/mol. The number of nitrogens with zero attached hydrogens (tertiary/aromatic N) is 2. The predicted molar refractivity (Wildman–Crippen MR) is 85.9 cm³/mol. The van der Waals surface area contributed by atoms with Gasteiger partial charge in [0.05, 0.1) is 15.4 Å². The molecule has 0 saturated carbocycles. The molecule has 2 aromatic carbocycles. The first kappa shape index (κ1) is 16.9. The van der Waals surface area contributed by atoms with Crippen molar-refractivity contribution in [2.45, 2.75) is 13.8 Å². The molecular weight excluding hydrogens is 318 g/mol. The molecule has 124 valence electrons. The lowest BCUT2D eigenvalue weighted by Gasteiger charge is -2.12. The highest BCUT2D eigenvalue weighted by Gasteiger charge is 2.29. The summed E-state index contributed by atoms with van der Waals surface area (Å²) in [6.07, 6.45) is 0. The fraction of sp³-hybridized carbons (Fsp3) is 0.133. The number of carbonyl (C=O) groups is 1. The quantitative estimate of drug-likeness (QED) is 0.631. The Bertz CT molecular complexity index is 827. The smallest absolute Gasteiger partial charge is 0.336 e. The van der Waals surface area contributed by atoms with Crippen LogP contribution in [0.4, 0.5) is 22.7 Å². The zero-order chi connectivity index (χ0) is 18.0. The molecule has 2 N–H and O–H groups in total. The van der Waals surface area contributed by atoms with Gasteiger partial charge in [0.1, 0.15) is 0 Å². The third-order valence-corrected chi connectivity index (χ3v) is 3.60. The van der Waals surface area contributed by atoms with Gasteiger partial charge in [0, 0.05) is 17.8 Å². The molecule has 0 unspecified atom stereocenters. The van der Waals surface area contributed by atoms with Crippen molar-refractivity contribution in [1.82, 2.24) is 0 Å². The molecule has 0 bridgehead atoms. The van der Waals surface area contributed by atoms with Crippen LogP contribution >= 0.6 is 0 Å². The molecule has 24 heavy (non-hydrogen) atoms. The van der Waals surface area contributed by atoms with Gasteiger partial charge in [-0.05, 0) is 31.0 Å². The molecule has 2 aromatic rings. The Kier molecular flexibility index (Phi) is 4.45. The zero-order valence-electron chi connectivity index (χ0n) is 12.8. The van der Waals surface area contributed by atoms with Gasteiger partial charge < -0.3 is 10.4 Å². The minimum absolute atomic E-state index is 0.358. The molecule has 0 aromatic heterocycles. The summed E-state index contributed by atoms with van der Waals surface area (Å²) < 4.78 is 0. The number of hydrogen-bond donors (Lipinski definition) is 2. The Morgan fingerprint density at radius 3 is 2.08 bits per heavy atom. The summed E-state index contributed by atoms with van der Waals surface area (Å²) in [5.41, 5.74) is -0.117. The number of anilines is 2. The maximum Gasteiger partial charge on any atom is 0.336 e. The second kappa shape index (κ2) is 6.32. The van der Waals surface area contributed by atoms with E-state index in [-0.39, 0.29) is 5.69 Å². The van der Waals surface area contributed by atoms with Gasteiger partial charge in [-0.15, -0.1) is 0 Å². The van der Waals surface area contributed by atoms with E-state index < -0.39 is 32.8 Å². The summed E-state index contributed by atoms with van der Waals surface area (Å²) >= 11 is 0. The summed E-state index contributed by atoms with van der Waals surface area (Å²) in [5, 5.41) is 34.2. The lowest BCUT2D eigenvalue weighted by Crippen LogP contribution is -2.06. The molecule has 2 rings (SSSR count). The van der Waals surface area contributed by atoms with E-state index in [1.54, 1.807) is 19.1 Å². The van der Waals surface area contributed by atoms with Crippen LogP contribution in [-0.2, 0) is 0 Å². The monoisotopic (exact) mass is 331 g/mol. The molecule has 0 radical (unpaired) electrons. The van der Waals surface area contributed by atoms with Crippen molar-refractivity contribution in [2.24, 2.45) is 0 Å². The zero-order valence-corrected chi connectivity index (χ0v) is 12.8. The maximum atomic E-state index is 11.3. The Morgan fingerprint density at radius 1 is 1.08 bits per heavy atom. The number of carboxylic acid groups (broad SMARTS) is 1. The van der Waals surface area contributed by atoms with E-state index in [1.807, 2.05) is 13.0 Å². The number of aryl methyl sites for hydroxylation is 1. The van der Waals surface area contributed by atoms with E-state index >= 15 is 0 Å². The van der Waals surface area contributed by atoms with E-state index in [0.717, 1.165) is 23.3 Å². The second-order valence-electron chi connectivity index (χ2n) is 5.08. The van der Waals surface area contributed by atoms with E-state index in [2.05, 4.69) is 5.32 Å². The van der Waals surface area contributed by atoms with E-state index in [9.17, 15) is 25.0 Å². The molecule has 9 nitrogen and oxygen atoms in total. The molecule has 0 heterocycles. The van der Waals surface area contributed by atoms with Gasteiger partial charge in [0.25, 0.3) is 0 Å². The highest BCUT2D eigenvalue weighted by atomic mass is 16.6. The summed E-state index contributed by atoms with van der Waals surface area (Å²) in [6.45, 7) is 3.60. The van der Waals surface area contributed by atoms with Crippen molar-refractivity contribution in [2.75, 3.05) is 5.32 Å². The number of carboxylic acids is 1. The molecule has 0 spiro atoms. The Morgan fingerprint density at radius 2 is 1.62 bits per heavy atom. The maximum absolute atomic E-state index is 11.3. The van der Waals surface area contributed by atoms with Crippen LogP contribution in [0.15, 0.2) is 30.3 Å². The number of rotatable bonds is 5. The normalized spacial score (nSPS) is 10.2. The number of nitro benzene ring substituents is 2. The SMILES string of the molecule is Cc1cccc(Nc2c([N+](=O)[O-])cc(C(=O)O)cc2[N+](=O)[O-])c1C. The van der Waals surface area contributed by atoms with Crippen molar-refractivity contribution in [3.63, 3.8) is 0 Å². The van der Waals surface area contributed by atoms with Crippen LogP contribution in [0.3, 0.4) is 0 Å². The third kappa shape index (κ3) is 3.14. The molecule has 9 heteroatoms. The average Bonchev–Trinajstić information content (AvgIpc) is 2.51. The largest absolute Gasteiger partial charge is 0.478 e. The van der Waals surface area contributed by atoms with Crippen LogP contribution in [0.25, 0.3) is 0 Å². The van der Waals surface area contributed by atoms with Crippen LogP contribution in [0.5, 0.6) is 0 Å². The van der Waals surface area contributed by atoms with Crippen molar-refractivity contribution in [1.29, 1.82) is 0 Å². The fourth-order valence-electron chi connectivity index (χ4n) is 2.17. The minimum Gasteiger partial charge on any atom is -0.478 e. The third-order valence-electron chi connectivity index (χ3n) is 3.60. The molecule has 0 atom stereocenters. The first-order valence-corrected chi connectivity index (χ1v) is 6.75. The van der Waals surface area contributed by atoms with E-state index in [1.165, 1.54) is 0 Å². The van der Waals surface area contributed by atoms with Crippen LogP contribution in [0.2, 0.25) is 0 Å². The van der Waals surface area contributed by atoms with Gasteiger partial charge in [-0.3, -0.25) is 20.2 Å². The lowest BCUT2D eigenvalue weighted by atomic mass is 10.1. The van der Waals surface area contributed by atoms with Gasteiger partial charge >= 0.3 is 17.3 Å². The molecule has 0 saturated heterocycles. The molecule has 0 aliphatic heterocycles. The van der Waals surface area contributed by atoms with Crippen LogP contribution in [-0.4, -0.2) is 20.9 Å². The number of nitro groups is 2. The molecule has 0 aliphatic carbocycles. The highest BCUT2D eigenvalue weighted by Crippen LogP contribution is 2.38. The number of nitrogens with one attached hydrogen (secondary N) is 1. The van der Waals surface area contributed by atoms with Crippen molar-refractivity contribution >= 4 is 28.7 Å². The van der Waals surface area contributed by atoms with Gasteiger partial charge in [-0.1, -0.05) is 12.1 Å². The van der Waals surface area contributed by atoms with Gasteiger partial charge in [0.2, 0.25) is 0 Å². The minimum atomic E-state index is -1.49.